The molecule has 2 aromatic carbocycles. The number of hydrogen-bond acceptors (Lipinski definition) is 6. The van der Waals surface area contributed by atoms with Crippen molar-refractivity contribution in [3.8, 4) is 0 Å². The average molecular weight is 334 g/mol. The third kappa shape index (κ3) is 4.29. The van der Waals surface area contributed by atoms with E-state index in [9.17, 15) is 4.79 Å². The highest BCUT2D eigenvalue weighted by molar-refractivity contribution is 5.88. The lowest BCUT2D eigenvalue weighted by Gasteiger charge is -2.17. The Morgan fingerprint density at radius 2 is 1.68 bits per heavy atom. The molecular formula is C18H18N6O. The van der Waals surface area contributed by atoms with Crippen LogP contribution in [0.2, 0.25) is 0 Å². The summed E-state index contributed by atoms with van der Waals surface area (Å²) in [7, 11) is 1.89. The molecule has 0 aliphatic rings. The van der Waals surface area contributed by atoms with Gasteiger partial charge < -0.3 is 15.5 Å². The van der Waals surface area contributed by atoms with Crippen LogP contribution in [0.5, 0.6) is 0 Å². The maximum absolute atomic E-state index is 11.1. The Morgan fingerprint density at radius 3 is 2.36 bits per heavy atom. The number of anilines is 5. The second-order valence-electron chi connectivity index (χ2n) is 5.42. The van der Waals surface area contributed by atoms with E-state index in [1.807, 2.05) is 66.5 Å². The fourth-order valence-electron chi connectivity index (χ4n) is 2.25. The predicted octanol–water partition coefficient (Wildman–Crippen LogP) is 3.34. The summed E-state index contributed by atoms with van der Waals surface area (Å²) in [6.07, 6.45) is 1.56. The Balaban J connectivity index is 1.74. The molecule has 0 aliphatic carbocycles. The van der Waals surface area contributed by atoms with Crippen LogP contribution in [0.4, 0.5) is 28.8 Å². The summed E-state index contributed by atoms with van der Waals surface area (Å²) in [5.74, 6) is 0.973. The first-order chi connectivity index (χ1) is 12.1. The van der Waals surface area contributed by atoms with Gasteiger partial charge in [-0.25, -0.2) is 0 Å². The van der Waals surface area contributed by atoms with Crippen LogP contribution in [0.1, 0.15) is 6.92 Å². The lowest BCUT2D eigenvalue weighted by molar-refractivity contribution is -0.114. The molecule has 0 radical (unpaired) electrons. The van der Waals surface area contributed by atoms with E-state index in [4.69, 9.17) is 0 Å². The highest BCUT2D eigenvalue weighted by Crippen LogP contribution is 2.21. The van der Waals surface area contributed by atoms with Crippen LogP contribution in [0, 0.1) is 0 Å². The zero-order valence-electron chi connectivity index (χ0n) is 14.0. The number of amides is 1. The Kier molecular flexibility index (Phi) is 4.84. The molecule has 0 bridgehead atoms. The van der Waals surface area contributed by atoms with Crippen molar-refractivity contribution in [2.45, 2.75) is 6.92 Å². The molecular weight excluding hydrogens is 316 g/mol. The van der Waals surface area contributed by atoms with Crippen molar-refractivity contribution in [2.24, 2.45) is 0 Å². The molecule has 7 nitrogen and oxygen atoms in total. The van der Waals surface area contributed by atoms with Crippen LogP contribution in [0.25, 0.3) is 0 Å². The van der Waals surface area contributed by atoms with Gasteiger partial charge in [0.15, 0.2) is 5.82 Å². The Labute approximate surface area is 145 Å². The topological polar surface area (TPSA) is 83.0 Å². The summed E-state index contributed by atoms with van der Waals surface area (Å²) in [4.78, 5) is 17.4. The van der Waals surface area contributed by atoms with Crippen molar-refractivity contribution in [2.75, 3.05) is 22.6 Å². The van der Waals surface area contributed by atoms with Crippen molar-refractivity contribution >= 4 is 34.7 Å². The summed E-state index contributed by atoms with van der Waals surface area (Å²) in [5.41, 5.74) is 2.55. The van der Waals surface area contributed by atoms with Crippen LogP contribution in [0.15, 0.2) is 60.8 Å². The molecule has 2 N–H and O–H groups in total. The molecule has 0 spiro atoms. The first kappa shape index (κ1) is 16.4. The quantitative estimate of drug-likeness (QED) is 0.744. The number of hydrogen-bond donors (Lipinski definition) is 2. The second-order valence-corrected chi connectivity index (χ2v) is 5.42. The molecule has 126 valence electrons. The largest absolute Gasteiger partial charge is 0.339 e. The molecule has 0 unspecified atom stereocenters. The molecule has 0 aliphatic heterocycles. The van der Waals surface area contributed by atoms with Crippen molar-refractivity contribution in [1.29, 1.82) is 0 Å². The smallest absolute Gasteiger partial charge is 0.251 e. The highest BCUT2D eigenvalue weighted by Gasteiger charge is 2.08. The van der Waals surface area contributed by atoms with Crippen molar-refractivity contribution in [1.82, 2.24) is 15.2 Å². The molecule has 7 heteroatoms. The van der Waals surface area contributed by atoms with Crippen LogP contribution in [-0.4, -0.2) is 28.1 Å². The Morgan fingerprint density at radius 1 is 1.00 bits per heavy atom. The average Bonchev–Trinajstić information content (AvgIpc) is 2.63. The van der Waals surface area contributed by atoms with E-state index >= 15 is 0 Å². The molecule has 0 saturated carbocycles. The van der Waals surface area contributed by atoms with Gasteiger partial charge in [-0.3, -0.25) is 4.79 Å². The van der Waals surface area contributed by atoms with Gasteiger partial charge in [0.2, 0.25) is 5.91 Å². The number of nitrogens with one attached hydrogen (secondary N) is 2. The first-order valence-corrected chi connectivity index (χ1v) is 7.75. The minimum absolute atomic E-state index is 0.102. The lowest BCUT2D eigenvalue weighted by atomic mass is 10.3. The number of carbonyl (C=O) groups is 1. The summed E-state index contributed by atoms with van der Waals surface area (Å²) in [6.45, 7) is 1.48. The molecule has 3 aromatic rings. The monoisotopic (exact) mass is 334 g/mol. The molecule has 0 atom stereocenters. The molecule has 1 aromatic heterocycles. The number of nitrogens with zero attached hydrogens (tertiary/aromatic N) is 4. The zero-order chi connectivity index (χ0) is 17.6. The summed E-state index contributed by atoms with van der Waals surface area (Å²) in [6, 6.07) is 17.2. The van der Waals surface area contributed by atoms with Crippen LogP contribution in [0.3, 0.4) is 0 Å². The zero-order valence-corrected chi connectivity index (χ0v) is 14.0. The fourth-order valence-corrected chi connectivity index (χ4v) is 2.25. The van der Waals surface area contributed by atoms with Crippen molar-refractivity contribution in [3.05, 3.63) is 60.8 Å². The SMILES string of the molecule is CC(=O)Nc1ccc(Nc2cnnc(N(C)c3ccccc3)n2)cc1. The summed E-state index contributed by atoms with van der Waals surface area (Å²) in [5, 5.41) is 14.0. The van der Waals surface area contributed by atoms with E-state index in [-0.39, 0.29) is 5.91 Å². The minimum atomic E-state index is -0.102. The minimum Gasteiger partial charge on any atom is -0.339 e. The summed E-state index contributed by atoms with van der Waals surface area (Å²) >= 11 is 0. The first-order valence-electron chi connectivity index (χ1n) is 7.75. The van der Waals surface area contributed by atoms with E-state index in [0.29, 0.717) is 11.8 Å². The normalized spacial score (nSPS) is 10.2. The number of rotatable bonds is 5. The molecule has 0 fully saturated rings. The van der Waals surface area contributed by atoms with Gasteiger partial charge in [-0.15, -0.1) is 5.10 Å². The molecule has 1 heterocycles. The van der Waals surface area contributed by atoms with Crippen LogP contribution < -0.4 is 15.5 Å². The summed E-state index contributed by atoms with van der Waals surface area (Å²) < 4.78 is 0. The maximum Gasteiger partial charge on any atom is 0.251 e. The lowest BCUT2D eigenvalue weighted by Crippen LogP contribution is -2.14. The second kappa shape index (κ2) is 7.39. The number of aromatic nitrogens is 3. The van der Waals surface area contributed by atoms with Crippen molar-refractivity contribution < 1.29 is 4.79 Å². The van der Waals surface area contributed by atoms with E-state index in [1.165, 1.54) is 6.92 Å². The van der Waals surface area contributed by atoms with Crippen LogP contribution >= 0.6 is 0 Å². The van der Waals surface area contributed by atoms with E-state index in [0.717, 1.165) is 17.1 Å². The predicted molar refractivity (Wildman–Crippen MR) is 98.4 cm³/mol. The van der Waals surface area contributed by atoms with Gasteiger partial charge in [0.25, 0.3) is 5.95 Å². The van der Waals surface area contributed by atoms with Gasteiger partial charge in [-0.2, -0.15) is 10.1 Å². The molecule has 3 rings (SSSR count). The van der Waals surface area contributed by atoms with Gasteiger partial charge >= 0.3 is 0 Å². The Bertz CT molecular complexity index is 851. The third-order valence-electron chi connectivity index (χ3n) is 3.47. The van der Waals surface area contributed by atoms with Gasteiger partial charge in [0.05, 0.1) is 6.20 Å². The maximum atomic E-state index is 11.1. The highest BCUT2D eigenvalue weighted by atomic mass is 16.1. The number of carbonyl (C=O) groups excluding carboxylic acids is 1. The number of para-hydroxylation sites is 1. The van der Waals surface area contributed by atoms with E-state index < -0.39 is 0 Å². The standard InChI is InChI=1S/C18H18N6O/c1-13(25)20-14-8-10-15(11-9-14)21-17-12-19-23-18(22-17)24(2)16-6-4-3-5-7-16/h3-12H,1-2H3,(H,20,25)(H,21,22,23). The number of benzene rings is 2. The van der Waals surface area contributed by atoms with Crippen LogP contribution in [-0.2, 0) is 4.79 Å². The molecule has 25 heavy (non-hydrogen) atoms. The molecule has 1 amide bonds. The van der Waals surface area contributed by atoms with Gasteiger partial charge in [0.1, 0.15) is 0 Å². The fraction of sp³-hybridized carbons (Fsp3) is 0.111. The van der Waals surface area contributed by atoms with E-state index in [2.05, 4.69) is 25.8 Å². The third-order valence-corrected chi connectivity index (χ3v) is 3.47. The van der Waals surface area contributed by atoms with Gasteiger partial charge in [-0.1, -0.05) is 18.2 Å². The Hall–Kier alpha value is -3.48. The van der Waals surface area contributed by atoms with E-state index in [1.54, 1.807) is 6.20 Å². The van der Waals surface area contributed by atoms with Gasteiger partial charge in [-0.05, 0) is 36.4 Å². The molecule has 0 saturated heterocycles. The van der Waals surface area contributed by atoms with Gasteiger partial charge in [0, 0.05) is 31.0 Å². The van der Waals surface area contributed by atoms with Crippen molar-refractivity contribution in [3.63, 3.8) is 0 Å².